The molecule has 0 heterocycles. The third-order valence-corrected chi connectivity index (χ3v) is 4.06. The van der Waals surface area contributed by atoms with Gasteiger partial charge in [-0.2, -0.15) is 0 Å². The Hall–Kier alpha value is -1.80. The Morgan fingerprint density at radius 3 is 2.75 bits per heavy atom. The summed E-state index contributed by atoms with van der Waals surface area (Å²) in [7, 11) is 0. The maximum Gasteiger partial charge on any atom is 0.132 e. The minimum atomic E-state index is 0.0284. The second-order valence-corrected chi connectivity index (χ2v) is 5.44. The van der Waals surface area contributed by atoms with Crippen LogP contribution >= 0.6 is 0 Å². The van der Waals surface area contributed by atoms with Crippen molar-refractivity contribution < 1.29 is 4.74 Å². The molecule has 1 aliphatic carbocycles. The van der Waals surface area contributed by atoms with Gasteiger partial charge in [-0.3, -0.25) is 0 Å². The highest BCUT2D eigenvalue weighted by atomic mass is 16.5. The summed E-state index contributed by atoms with van der Waals surface area (Å²) < 4.78 is 6.08. The van der Waals surface area contributed by atoms with Gasteiger partial charge >= 0.3 is 0 Å². The number of nitrogens with two attached hydrogens (primary N) is 1. The lowest BCUT2D eigenvalue weighted by atomic mass is 10.0. The summed E-state index contributed by atoms with van der Waals surface area (Å²) in [6, 6.07) is 14.5. The van der Waals surface area contributed by atoms with E-state index in [0.29, 0.717) is 0 Å². The minimum absolute atomic E-state index is 0.0284. The minimum Gasteiger partial charge on any atom is -0.457 e. The van der Waals surface area contributed by atoms with Crippen molar-refractivity contribution >= 4 is 0 Å². The molecule has 2 N–H and O–H groups in total. The predicted octanol–water partition coefficient (Wildman–Crippen LogP) is 4.38. The fraction of sp³-hybridized carbons (Fsp3) is 0.333. The van der Waals surface area contributed by atoms with E-state index in [1.165, 1.54) is 30.4 Å². The number of fused-ring (bicyclic) bond motifs is 1. The van der Waals surface area contributed by atoms with Gasteiger partial charge in [-0.05, 0) is 55.0 Å². The van der Waals surface area contributed by atoms with Crippen molar-refractivity contribution in [3.05, 3.63) is 59.2 Å². The maximum atomic E-state index is 6.16. The summed E-state index contributed by atoms with van der Waals surface area (Å²) in [5, 5.41) is 0. The third-order valence-electron chi connectivity index (χ3n) is 4.06. The van der Waals surface area contributed by atoms with Crippen molar-refractivity contribution in [2.24, 2.45) is 5.73 Å². The summed E-state index contributed by atoms with van der Waals surface area (Å²) in [6.45, 7) is 2.09. The molecular weight excluding hydrogens is 246 g/mol. The SMILES string of the molecule is CCC(N)c1ccccc1Oc1ccc2c(c1)CCC2. The molecule has 20 heavy (non-hydrogen) atoms. The van der Waals surface area contributed by atoms with Crippen molar-refractivity contribution in [3.8, 4) is 11.5 Å². The van der Waals surface area contributed by atoms with Gasteiger partial charge in [-0.1, -0.05) is 31.2 Å². The van der Waals surface area contributed by atoms with E-state index < -0.39 is 0 Å². The fourth-order valence-corrected chi connectivity index (χ4v) is 2.84. The molecule has 0 fully saturated rings. The molecule has 2 nitrogen and oxygen atoms in total. The highest BCUT2D eigenvalue weighted by molar-refractivity contribution is 5.43. The van der Waals surface area contributed by atoms with Crippen LogP contribution in [0.3, 0.4) is 0 Å². The molecule has 104 valence electrons. The Balaban J connectivity index is 1.88. The quantitative estimate of drug-likeness (QED) is 0.892. The molecule has 0 saturated heterocycles. The monoisotopic (exact) mass is 267 g/mol. The molecule has 2 aromatic carbocycles. The lowest BCUT2D eigenvalue weighted by Gasteiger charge is -2.16. The Kier molecular flexibility index (Phi) is 3.75. The highest BCUT2D eigenvalue weighted by Gasteiger charge is 2.14. The number of benzene rings is 2. The predicted molar refractivity (Wildman–Crippen MR) is 82.2 cm³/mol. The topological polar surface area (TPSA) is 35.2 Å². The van der Waals surface area contributed by atoms with Gasteiger partial charge in [-0.25, -0.2) is 0 Å². The van der Waals surface area contributed by atoms with Crippen LogP contribution < -0.4 is 10.5 Å². The molecule has 0 radical (unpaired) electrons. The molecule has 0 aliphatic heterocycles. The van der Waals surface area contributed by atoms with Gasteiger partial charge in [0.1, 0.15) is 11.5 Å². The summed E-state index contributed by atoms with van der Waals surface area (Å²) >= 11 is 0. The van der Waals surface area contributed by atoms with Crippen molar-refractivity contribution in [1.82, 2.24) is 0 Å². The first-order chi connectivity index (χ1) is 9.78. The van der Waals surface area contributed by atoms with Gasteiger partial charge in [0.2, 0.25) is 0 Å². The van der Waals surface area contributed by atoms with E-state index in [9.17, 15) is 0 Å². The zero-order valence-electron chi connectivity index (χ0n) is 11.9. The first-order valence-electron chi connectivity index (χ1n) is 7.42. The molecule has 2 aromatic rings. The van der Waals surface area contributed by atoms with E-state index in [2.05, 4.69) is 31.2 Å². The smallest absolute Gasteiger partial charge is 0.132 e. The zero-order chi connectivity index (χ0) is 13.9. The molecule has 0 aromatic heterocycles. The molecule has 1 atom stereocenters. The summed E-state index contributed by atoms with van der Waals surface area (Å²) in [4.78, 5) is 0. The Labute approximate surface area is 120 Å². The van der Waals surface area contributed by atoms with Crippen LogP contribution in [0.1, 0.15) is 42.5 Å². The number of para-hydroxylation sites is 1. The summed E-state index contributed by atoms with van der Waals surface area (Å²) in [5.74, 6) is 1.79. The van der Waals surface area contributed by atoms with Crippen molar-refractivity contribution in [1.29, 1.82) is 0 Å². The summed E-state index contributed by atoms with van der Waals surface area (Å²) in [5.41, 5.74) is 10.1. The van der Waals surface area contributed by atoms with E-state index >= 15 is 0 Å². The molecule has 1 aliphatic rings. The molecular formula is C18H21NO. The summed E-state index contributed by atoms with van der Waals surface area (Å²) in [6.07, 6.45) is 4.54. The van der Waals surface area contributed by atoms with Crippen molar-refractivity contribution in [2.45, 2.75) is 38.6 Å². The van der Waals surface area contributed by atoms with Crippen LogP contribution in [-0.4, -0.2) is 0 Å². The van der Waals surface area contributed by atoms with Gasteiger partial charge in [0.15, 0.2) is 0 Å². The lowest BCUT2D eigenvalue weighted by Crippen LogP contribution is -2.09. The van der Waals surface area contributed by atoms with Crippen LogP contribution in [0.2, 0.25) is 0 Å². The van der Waals surface area contributed by atoms with E-state index in [0.717, 1.165) is 23.5 Å². The van der Waals surface area contributed by atoms with Gasteiger partial charge in [-0.15, -0.1) is 0 Å². The number of hydrogen-bond acceptors (Lipinski definition) is 2. The van der Waals surface area contributed by atoms with E-state index in [1.807, 2.05) is 18.2 Å². The van der Waals surface area contributed by atoms with Crippen LogP contribution in [0.15, 0.2) is 42.5 Å². The largest absolute Gasteiger partial charge is 0.457 e. The third kappa shape index (κ3) is 2.56. The Bertz CT molecular complexity index is 606. The number of hydrogen-bond donors (Lipinski definition) is 1. The van der Waals surface area contributed by atoms with Gasteiger partial charge in [0.05, 0.1) is 0 Å². The highest BCUT2D eigenvalue weighted by Crippen LogP contribution is 2.32. The van der Waals surface area contributed by atoms with Crippen LogP contribution in [0.4, 0.5) is 0 Å². The molecule has 1 unspecified atom stereocenters. The first-order valence-corrected chi connectivity index (χ1v) is 7.42. The lowest BCUT2D eigenvalue weighted by molar-refractivity contribution is 0.468. The van der Waals surface area contributed by atoms with E-state index in [4.69, 9.17) is 10.5 Å². The van der Waals surface area contributed by atoms with Crippen LogP contribution in [0.5, 0.6) is 11.5 Å². The number of aryl methyl sites for hydroxylation is 2. The second-order valence-electron chi connectivity index (χ2n) is 5.44. The van der Waals surface area contributed by atoms with Crippen molar-refractivity contribution in [2.75, 3.05) is 0 Å². The van der Waals surface area contributed by atoms with Crippen LogP contribution in [-0.2, 0) is 12.8 Å². The van der Waals surface area contributed by atoms with E-state index in [1.54, 1.807) is 0 Å². The van der Waals surface area contributed by atoms with Crippen LogP contribution in [0.25, 0.3) is 0 Å². The molecule has 0 saturated carbocycles. The average Bonchev–Trinajstić information content (AvgIpc) is 2.94. The van der Waals surface area contributed by atoms with E-state index in [-0.39, 0.29) is 6.04 Å². The fourth-order valence-electron chi connectivity index (χ4n) is 2.84. The number of rotatable bonds is 4. The van der Waals surface area contributed by atoms with Gasteiger partial charge in [0, 0.05) is 11.6 Å². The molecule has 0 amide bonds. The zero-order valence-corrected chi connectivity index (χ0v) is 11.9. The molecule has 2 heteroatoms. The molecule has 3 rings (SSSR count). The molecule has 0 bridgehead atoms. The first kappa shape index (κ1) is 13.2. The van der Waals surface area contributed by atoms with Gasteiger partial charge < -0.3 is 10.5 Å². The Morgan fingerprint density at radius 2 is 1.90 bits per heavy atom. The second kappa shape index (κ2) is 5.68. The number of ether oxygens (including phenoxy) is 1. The average molecular weight is 267 g/mol. The Morgan fingerprint density at radius 1 is 1.10 bits per heavy atom. The van der Waals surface area contributed by atoms with Crippen LogP contribution in [0, 0.1) is 0 Å². The molecule has 0 spiro atoms. The van der Waals surface area contributed by atoms with Crippen molar-refractivity contribution in [3.63, 3.8) is 0 Å². The van der Waals surface area contributed by atoms with Gasteiger partial charge in [0.25, 0.3) is 0 Å². The standard InChI is InChI=1S/C18H21NO/c1-2-17(19)16-8-3-4-9-18(16)20-15-11-10-13-6-5-7-14(13)12-15/h3-4,8-12,17H,2,5-7,19H2,1H3. The normalized spacial score (nSPS) is 14.9. The maximum absolute atomic E-state index is 6.16.